The van der Waals surface area contributed by atoms with Crippen molar-refractivity contribution in [3.05, 3.63) is 55.6 Å². The summed E-state index contributed by atoms with van der Waals surface area (Å²) in [5, 5.41) is 9.79. The van der Waals surface area contributed by atoms with Crippen molar-refractivity contribution in [2.75, 3.05) is 13.1 Å². The molecule has 188 valence electrons. The van der Waals surface area contributed by atoms with E-state index in [0.29, 0.717) is 37.2 Å². The van der Waals surface area contributed by atoms with Crippen LogP contribution in [0, 0.1) is 6.92 Å². The molecule has 0 atom stereocenters. The van der Waals surface area contributed by atoms with Gasteiger partial charge in [0.15, 0.2) is 0 Å². The molecule has 0 aliphatic carbocycles. The first-order valence-corrected chi connectivity index (χ1v) is 11.9. The fourth-order valence-electron chi connectivity index (χ4n) is 4.13. The van der Waals surface area contributed by atoms with Gasteiger partial charge in [-0.3, -0.25) is 28.7 Å². The van der Waals surface area contributed by atoms with Crippen molar-refractivity contribution in [1.82, 2.24) is 24.0 Å². The first-order valence-electron chi connectivity index (χ1n) is 11.1. The summed E-state index contributed by atoms with van der Waals surface area (Å²) in [7, 11) is 0. The average Bonchev–Trinajstić information content (AvgIpc) is 3.16. The number of thiophene rings is 1. The van der Waals surface area contributed by atoms with Crippen molar-refractivity contribution in [3.8, 4) is 0 Å². The molecule has 0 saturated carbocycles. The largest absolute Gasteiger partial charge is 0.393 e. The van der Waals surface area contributed by atoms with E-state index in [2.05, 4.69) is 9.97 Å². The van der Waals surface area contributed by atoms with Crippen LogP contribution in [0.1, 0.15) is 40.2 Å². The number of alkyl halides is 3. The number of piperidine rings is 1. The van der Waals surface area contributed by atoms with Gasteiger partial charge in [-0.2, -0.15) is 13.2 Å². The topological polar surface area (TPSA) is 110 Å². The van der Waals surface area contributed by atoms with E-state index in [-0.39, 0.29) is 34.0 Å². The van der Waals surface area contributed by atoms with Crippen molar-refractivity contribution < 1.29 is 23.1 Å². The summed E-state index contributed by atoms with van der Waals surface area (Å²) >= 11 is 0.861. The molecule has 1 aliphatic heterocycles. The number of likely N-dealkylation sites (tertiary alicyclic amines) is 1. The molecule has 35 heavy (non-hydrogen) atoms. The quantitative estimate of drug-likeness (QED) is 0.543. The molecular formula is C22H24F3N5O4S. The summed E-state index contributed by atoms with van der Waals surface area (Å²) in [6.07, 6.45) is -0.821. The molecule has 1 amide bonds. The highest BCUT2D eigenvalue weighted by Crippen LogP contribution is 2.31. The highest BCUT2D eigenvalue weighted by atomic mass is 32.1. The zero-order chi connectivity index (χ0) is 25.3. The molecule has 9 nitrogen and oxygen atoms in total. The van der Waals surface area contributed by atoms with Gasteiger partial charge in [0.25, 0.3) is 11.5 Å². The van der Waals surface area contributed by atoms with E-state index in [1.54, 1.807) is 11.8 Å². The Hall–Kier alpha value is -3.06. The molecule has 1 aliphatic rings. The van der Waals surface area contributed by atoms with Crippen LogP contribution in [0.2, 0.25) is 0 Å². The second kappa shape index (κ2) is 9.90. The second-order valence-corrected chi connectivity index (χ2v) is 9.46. The van der Waals surface area contributed by atoms with E-state index >= 15 is 0 Å². The Morgan fingerprint density at radius 2 is 1.89 bits per heavy atom. The average molecular weight is 512 g/mol. The summed E-state index contributed by atoms with van der Waals surface area (Å²) in [6, 6.07) is 0. The van der Waals surface area contributed by atoms with Gasteiger partial charge in [0.05, 0.1) is 28.5 Å². The van der Waals surface area contributed by atoms with Gasteiger partial charge in [-0.05, 0) is 25.3 Å². The number of amides is 1. The van der Waals surface area contributed by atoms with Crippen molar-refractivity contribution in [2.24, 2.45) is 0 Å². The first kappa shape index (κ1) is 25.0. The van der Waals surface area contributed by atoms with E-state index in [4.69, 9.17) is 0 Å². The molecule has 0 unspecified atom stereocenters. The zero-order valence-corrected chi connectivity index (χ0v) is 19.7. The monoisotopic (exact) mass is 511 g/mol. The van der Waals surface area contributed by atoms with Crippen molar-refractivity contribution >= 4 is 27.5 Å². The summed E-state index contributed by atoms with van der Waals surface area (Å²) in [5.74, 6) is -0.365. The van der Waals surface area contributed by atoms with Crippen LogP contribution in [0.15, 0.2) is 28.2 Å². The lowest BCUT2D eigenvalue weighted by molar-refractivity contribution is -0.136. The standard InChI is InChI=1S/C22H24F3N5O4S/c1-13-16-18(32)29(10-2-14-12-26-6-7-27-14)21(34)30(11-5-22(23,24)25)20(16)35-17(13)19(33)28-8-3-15(31)4-9-28/h6-7,12,15,31H,2-5,8-11H2,1H3. The van der Waals surface area contributed by atoms with Gasteiger partial charge in [-0.15, -0.1) is 11.3 Å². The number of halogens is 3. The van der Waals surface area contributed by atoms with Crippen LogP contribution in [0.25, 0.3) is 10.2 Å². The van der Waals surface area contributed by atoms with Gasteiger partial charge in [0.1, 0.15) is 4.83 Å². The number of carbonyl (C=O) groups is 1. The molecule has 4 heterocycles. The molecule has 0 spiro atoms. The number of rotatable bonds is 6. The second-order valence-electron chi connectivity index (χ2n) is 8.46. The lowest BCUT2D eigenvalue weighted by Crippen LogP contribution is -2.41. The van der Waals surface area contributed by atoms with E-state index in [0.717, 1.165) is 20.5 Å². The molecule has 3 aromatic heterocycles. The Morgan fingerprint density at radius 1 is 1.17 bits per heavy atom. The third kappa shape index (κ3) is 5.30. The first-order chi connectivity index (χ1) is 16.6. The Labute approximate surface area is 201 Å². The van der Waals surface area contributed by atoms with Crippen LogP contribution >= 0.6 is 11.3 Å². The van der Waals surface area contributed by atoms with Crippen LogP contribution in [-0.4, -0.2) is 60.4 Å². The SMILES string of the molecule is Cc1c(C(=O)N2CCC(O)CC2)sc2c1c(=O)n(CCc1cnccn1)c(=O)n2CCC(F)(F)F. The number of fused-ring (bicyclic) bond motifs is 1. The van der Waals surface area contributed by atoms with Crippen LogP contribution in [-0.2, 0) is 19.5 Å². The molecule has 1 fully saturated rings. The maximum atomic E-state index is 13.3. The molecule has 4 rings (SSSR count). The van der Waals surface area contributed by atoms with Gasteiger partial charge >= 0.3 is 11.9 Å². The van der Waals surface area contributed by atoms with Crippen molar-refractivity contribution in [2.45, 2.75) is 58.0 Å². The number of hydrogen-bond donors (Lipinski definition) is 1. The minimum atomic E-state index is -4.51. The molecule has 0 radical (unpaired) electrons. The third-order valence-electron chi connectivity index (χ3n) is 6.07. The summed E-state index contributed by atoms with van der Waals surface area (Å²) < 4.78 is 40.9. The summed E-state index contributed by atoms with van der Waals surface area (Å²) in [5.41, 5.74) is -0.665. The molecule has 0 aromatic carbocycles. The van der Waals surface area contributed by atoms with Gasteiger partial charge in [0, 0.05) is 51.2 Å². The number of aliphatic hydroxyl groups excluding tert-OH is 1. The Balaban J connectivity index is 1.80. The van der Waals surface area contributed by atoms with E-state index in [1.165, 1.54) is 18.6 Å². The number of hydrogen-bond acceptors (Lipinski definition) is 7. The normalized spacial score (nSPS) is 15.2. The number of carbonyl (C=O) groups excluding carboxylic acids is 1. The summed E-state index contributed by atoms with van der Waals surface area (Å²) in [6.45, 7) is 1.46. The van der Waals surface area contributed by atoms with Gasteiger partial charge in [0.2, 0.25) is 0 Å². The Bertz CT molecular complexity index is 1340. The molecular weight excluding hydrogens is 487 g/mol. The van der Waals surface area contributed by atoms with Crippen LogP contribution in [0.3, 0.4) is 0 Å². The van der Waals surface area contributed by atoms with Crippen LogP contribution in [0.5, 0.6) is 0 Å². The maximum Gasteiger partial charge on any atom is 0.390 e. The maximum absolute atomic E-state index is 13.3. The van der Waals surface area contributed by atoms with E-state index in [1.807, 2.05) is 0 Å². The van der Waals surface area contributed by atoms with Gasteiger partial charge in [-0.25, -0.2) is 4.79 Å². The van der Waals surface area contributed by atoms with Gasteiger partial charge < -0.3 is 10.0 Å². The van der Waals surface area contributed by atoms with Crippen molar-refractivity contribution in [1.29, 1.82) is 0 Å². The number of nitrogens with zero attached hydrogens (tertiary/aromatic N) is 5. The van der Waals surface area contributed by atoms with E-state index < -0.39 is 36.5 Å². The summed E-state index contributed by atoms with van der Waals surface area (Å²) in [4.78, 5) is 49.6. The van der Waals surface area contributed by atoms with E-state index in [9.17, 15) is 32.7 Å². The third-order valence-corrected chi connectivity index (χ3v) is 7.37. The number of aliphatic hydroxyl groups is 1. The zero-order valence-electron chi connectivity index (χ0n) is 18.9. The molecule has 1 saturated heterocycles. The van der Waals surface area contributed by atoms with Crippen molar-refractivity contribution in [3.63, 3.8) is 0 Å². The smallest absolute Gasteiger partial charge is 0.390 e. The highest BCUT2D eigenvalue weighted by molar-refractivity contribution is 7.20. The predicted octanol–water partition coefficient (Wildman–Crippen LogP) is 2.12. The molecule has 3 aromatic rings. The highest BCUT2D eigenvalue weighted by Gasteiger charge is 2.31. The minimum absolute atomic E-state index is 0.0536. The Kier molecular flexibility index (Phi) is 7.08. The predicted molar refractivity (Wildman–Crippen MR) is 123 cm³/mol. The minimum Gasteiger partial charge on any atom is -0.393 e. The fraction of sp³-hybridized carbons (Fsp3) is 0.500. The molecule has 1 N–H and O–H groups in total. The number of aromatic nitrogens is 4. The fourth-order valence-corrected chi connectivity index (χ4v) is 5.42. The van der Waals surface area contributed by atoms with Gasteiger partial charge in [-0.1, -0.05) is 0 Å². The lowest BCUT2D eigenvalue weighted by atomic mass is 10.1. The van der Waals surface area contributed by atoms with Crippen LogP contribution < -0.4 is 11.2 Å². The molecule has 13 heteroatoms. The van der Waals surface area contributed by atoms with Crippen LogP contribution in [0.4, 0.5) is 13.2 Å². The lowest BCUT2D eigenvalue weighted by Gasteiger charge is -2.29. The Morgan fingerprint density at radius 3 is 2.51 bits per heavy atom. The number of aryl methyl sites for hydroxylation is 3. The molecule has 0 bridgehead atoms.